The lowest BCUT2D eigenvalue weighted by molar-refractivity contribution is -0.351. The van der Waals surface area contributed by atoms with Gasteiger partial charge in [0.15, 0.2) is 17.4 Å². The van der Waals surface area contributed by atoms with E-state index in [-0.39, 0.29) is 76.1 Å². The van der Waals surface area contributed by atoms with Crippen LogP contribution in [-0.2, 0) is 66.5 Å². The monoisotopic (exact) mass is 1190 g/mol. The molecule has 7 N–H and O–H groups in total. The lowest BCUT2D eigenvalue weighted by Gasteiger charge is -2.52. The molecule has 21 heteroatoms. The number of rotatable bonds is 9. The molecule has 6 fully saturated rings. The zero-order valence-corrected chi connectivity index (χ0v) is 50.4. The molecule has 2 spiro atoms. The zero-order chi connectivity index (χ0) is 61.6. The molecule has 6 saturated heterocycles. The first-order valence-electron chi connectivity index (χ1n) is 30.2. The van der Waals surface area contributed by atoms with E-state index >= 15 is 0 Å². The molecule has 7 heterocycles. The predicted octanol–water partition coefficient (Wildman–Crippen LogP) is 5.34. The van der Waals surface area contributed by atoms with Crippen molar-refractivity contribution < 1.29 is 102 Å². The van der Waals surface area contributed by atoms with Gasteiger partial charge in [0.1, 0.15) is 36.3 Å². The van der Waals surface area contributed by atoms with Crippen LogP contribution in [0.1, 0.15) is 158 Å². The minimum atomic E-state index is -2.39. The van der Waals surface area contributed by atoms with Crippen LogP contribution in [0, 0.1) is 23.7 Å². The van der Waals surface area contributed by atoms with Gasteiger partial charge in [-0.25, -0.2) is 0 Å². The van der Waals surface area contributed by atoms with E-state index < -0.39 is 169 Å². The molecule has 10 bridgehead atoms. The number of methoxy groups -OCH3 is 1. The summed E-state index contributed by atoms with van der Waals surface area (Å²) in [5, 5.41) is 82.3. The summed E-state index contributed by atoms with van der Waals surface area (Å²) in [5.74, 6) is -10.6. The van der Waals surface area contributed by atoms with Gasteiger partial charge in [-0.2, -0.15) is 0 Å². The number of hydrogen-bond donors (Lipinski definition) is 7. The summed E-state index contributed by atoms with van der Waals surface area (Å²) in [6.07, 6.45) is -6.46. The first kappa shape index (κ1) is 67.7. The predicted molar refractivity (Wildman–Crippen MR) is 303 cm³/mol. The molecule has 7 aliphatic heterocycles. The third kappa shape index (κ3) is 17.3. The third-order valence-corrected chi connectivity index (χ3v) is 18.3. The first-order chi connectivity index (χ1) is 39.4. The van der Waals surface area contributed by atoms with Crippen molar-refractivity contribution in [3.05, 3.63) is 61.3 Å². The van der Waals surface area contributed by atoms with Crippen molar-refractivity contribution in [2.24, 2.45) is 23.7 Å². The second-order valence-corrected chi connectivity index (χ2v) is 25.8. The number of esters is 3. The highest BCUT2D eigenvalue weighted by molar-refractivity contribution is 5.82. The van der Waals surface area contributed by atoms with Crippen LogP contribution in [0.3, 0.4) is 0 Å². The fourth-order valence-corrected chi connectivity index (χ4v) is 14.1. The van der Waals surface area contributed by atoms with Gasteiger partial charge in [-0.05, 0) is 45.4 Å². The van der Waals surface area contributed by atoms with Gasteiger partial charge in [0, 0.05) is 103 Å². The number of carbonyl (C=O) groups excluding carboxylic acids is 4. The second-order valence-electron chi connectivity index (χ2n) is 25.8. The fraction of sp³-hybridized carbons (Fsp3) is 0.778. The molecule has 7 rings (SSSR count). The van der Waals surface area contributed by atoms with Crippen molar-refractivity contribution in [3.8, 4) is 0 Å². The maximum atomic E-state index is 14.4. The van der Waals surface area contributed by atoms with Crippen LogP contribution in [0.2, 0.25) is 0 Å². The van der Waals surface area contributed by atoms with Crippen LogP contribution in [0.25, 0.3) is 0 Å². The van der Waals surface area contributed by atoms with Gasteiger partial charge in [0.05, 0.1) is 85.1 Å². The summed E-state index contributed by atoms with van der Waals surface area (Å²) in [6.45, 7) is 23.1. The molecule has 0 aromatic rings. The van der Waals surface area contributed by atoms with E-state index in [1.54, 1.807) is 47.8 Å². The Kier molecular flexibility index (Phi) is 23.0. The van der Waals surface area contributed by atoms with Gasteiger partial charge in [0.25, 0.3) is 0 Å². The number of ketones is 1. The lowest BCUT2D eigenvalue weighted by atomic mass is 9.78. The van der Waals surface area contributed by atoms with Gasteiger partial charge in [-0.3, -0.25) is 19.2 Å². The van der Waals surface area contributed by atoms with E-state index in [2.05, 4.69) is 19.7 Å². The van der Waals surface area contributed by atoms with Crippen molar-refractivity contribution in [1.29, 1.82) is 0 Å². The maximum absolute atomic E-state index is 14.4. The minimum Gasteiger partial charge on any atom is -0.462 e. The Balaban J connectivity index is 1.22. The van der Waals surface area contributed by atoms with E-state index in [1.165, 1.54) is 26.0 Å². The molecular formula is C63H96O21. The number of allylic oxidation sites excluding steroid dienone is 3. The van der Waals surface area contributed by atoms with Crippen molar-refractivity contribution in [2.45, 2.75) is 278 Å². The Labute approximate surface area is 494 Å². The summed E-state index contributed by atoms with van der Waals surface area (Å²) < 4.78 is 63.4. The molecule has 7 aliphatic rings. The van der Waals surface area contributed by atoms with Crippen molar-refractivity contribution in [3.63, 3.8) is 0 Å². The van der Waals surface area contributed by atoms with Crippen molar-refractivity contribution >= 4 is 23.7 Å². The minimum absolute atomic E-state index is 0.0156. The normalized spacial score (nSPS) is 44.9. The third-order valence-electron chi connectivity index (χ3n) is 18.3. The Bertz CT molecular complexity index is 2370. The standard InChI is InChI=1S/C63H96O21/c1-12-13-17-42(66)20-34(2)21-53-55(71)57-39(7)58(78-53)59(72)63(74)32-51(69)37(5)52(84-63)19-16-14-15-18-44-23-43(67)28-61(80-44)30-47(75-11)24-45(81-61)26-50(68)38(6)56(77-41(9)65)36(4)35(3)22-49-29-60(10,73)33-62(83-49)31-48(76-40(8)64)25-46(82-62)27-54(70)79-57/h12-13,15,17-18,36-39,42-49,51-53,55-59,66-67,69,71-74H,1-3,14,16,19-33H2,4-11H3/b17-13+,18-15-/t36-,37+,38-,39+,42-,43+,44+,45-,46-,47-,48+,49+,51-,52+,53+,55+,56-,57+,58-,59+,60+,61+,62-,63+/m0/s1. The van der Waals surface area contributed by atoms with Crippen molar-refractivity contribution in [2.75, 3.05) is 7.11 Å². The quantitative estimate of drug-likeness (QED) is 0.0663. The molecule has 0 aliphatic carbocycles. The van der Waals surface area contributed by atoms with Gasteiger partial charge in [0.2, 0.25) is 0 Å². The second kappa shape index (κ2) is 28.6. The number of ether oxygens (including phenoxy) is 10. The highest BCUT2D eigenvalue weighted by Crippen LogP contribution is 2.48. The topological polar surface area (TPSA) is 302 Å². The van der Waals surface area contributed by atoms with Gasteiger partial charge >= 0.3 is 17.9 Å². The first-order valence-corrected chi connectivity index (χ1v) is 30.2. The summed E-state index contributed by atoms with van der Waals surface area (Å²) >= 11 is 0. The number of fused-ring (bicyclic) bond motifs is 8. The average Bonchev–Trinajstić information content (AvgIpc) is 1.09. The summed E-state index contributed by atoms with van der Waals surface area (Å²) in [6, 6.07) is 0. The molecule has 84 heavy (non-hydrogen) atoms. The Morgan fingerprint density at radius 1 is 0.810 bits per heavy atom. The molecule has 474 valence electrons. The Morgan fingerprint density at radius 2 is 1.48 bits per heavy atom. The van der Waals surface area contributed by atoms with Gasteiger partial charge < -0.3 is 83.1 Å². The molecule has 21 nitrogen and oxygen atoms in total. The molecule has 0 aromatic carbocycles. The van der Waals surface area contributed by atoms with E-state index in [0.717, 1.165) is 0 Å². The lowest BCUT2D eigenvalue weighted by Crippen LogP contribution is -2.65. The van der Waals surface area contributed by atoms with E-state index in [9.17, 15) is 54.9 Å². The number of aliphatic hydroxyl groups is 7. The molecule has 0 saturated carbocycles. The summed E-state index contributed by atoms with van der Waals surface area (Å²) in [7, 11) is 1.57. The SMILES string of the molecule is C=C/C=C/[C@H](O)CC(=C)C[C@H]1O[C@H]2[C@H](C)[C@@H](OC(=O)C[C@@H]3C[C@@H](OC(C)=O)C[C@]4(C[C@](C)(O)C[C@@H](CC(=C)[C@H](C)[C@H](OC(C)=O)[C@@H](C)C(=O)C[C@@H]5C[C@H](OC)C[C@@]6(C[C@H](O)C[C@@H](/C=C\CCC[C@H]7O[C@](O)(C[C@H](O)[C@H]7C)[C@@H]2O)O6)O5)O4)O3)[C@@H]1O. The number of aliphatic hydroxyl groups excluding tert-OH is 5. The van der Waals surface area contributed by atoms with Gasteiger partial charge in [-0.15, -0.1) is 0 Å². The summed E-state index contributed by atoms with van der Waals surface area (Å²) in [4.78, 5) is 54.3. The van der Waals surface area contributed by atoms with E-state index in [1.807, 2.05) is 12.2 Å². The number of carbonyl (C=O) groups is 4. The average molecular weight is 1190 g/mol. The van der Waals surface area contributed by atoms with Crippen LogP contribution >= 0.6 is 0 Å². The molecule has 0 radical (unpaired) electrons. The molecule has 24 atom stereocenters. The van der Waals surface area contributed by atoms with Crippen LogP contribution in [0.5, 0.6) is 0 Å². The van der Waals surface area contributed by atoms with Crippen molar-refractivity contribution in [1.82, 2.24) is 0 Å². The highest BCUT2D eigenvalue weighted by atomic mass is 16.7. The fourth-order valence-electron chi connectivity index (χ4n) is 14.1. The zero-order valence-electron chi connectivity index (χ0n) is 50.4. The van der Waals surface area contributed by atoms with E-state index in [0.29, 0.717) is 43.3 Å². The largest absolute Gasteiger partial charge is 0.462 e. The molecular weight excluding hydrogens is 1090 g/mol. The number of Topliss-reactive ketones (excluding diaryl/α,β-unsaturated/α-hetero) is 1. The highest BCUT2D eigenvalue weighted by Gasteiger charge is 2.58. The Morgan fingerprint density at radius 3 is 2.17 bits per heavy atom. The van der Waals surface area contributed by atoms with Crippen LogP contribution in [-0.4, -0.2) is 187 Å². The van der Waals surface area contributed by atoms with Crippen LogP contribution < -0.4 is 0 Å². The van der Waals surface area contributed by atoms with Crippen LogP contribution in [0.15, 0.2) is 61.3 Å². The molecule has 0 unspecified atom stereocenters. The number of hydrogen-bond acceptors (Lipinski definition) is 21. The maximum Gasteiger partial charge on any atom is 0.308 e. The Hall–Kier alpha value is -3.78. The molecule has 0 aromatic heterocycles. The van der Waals surface area contributed by atoms with Crippen LogP contribution in [0.4, 0.5) is 0 Å². The van der Waals surface area contributed by atoms with E-state index in [4.69, 9.17) is 47.4 Å². The summed E-state index contributed by atoms with van der Waals surface area (Å²) in [5.41, 5.74) is -0.456. The van der Waals surface area contributed by atoms with Gasteiger partial charge in [-0.1, -0.05) is 89.0 Å². The smallest absolute Gasteiger partial charge is 0.308 e. The molecule has 0 amide bonds.